The minimum absolute atomic E-state index is 0.344. The highest BCUT2D eigenvalue weighted by atomic mass is 19.4. The standard InChI is InChI=1S/C22H32N2O.C2HF3O2/c25-21-15-18-16(14-20(21)24-11-5-1-2-6-12-24)13-19-17-7-3-4-8-22(17,18)9-10-23-19;3-2(4,5)1(6)7/h14-15,17,19,23,25H,1-13H2;(H,6,7)/t17-,19+,22+;/m1./s1. The third-order valence-electron chi connectivity index (χ3n) is 7.93. The second-order valence-electron chi connectivity index (χ2n) is 9.73. The summed E-state index contributed by atoms with van der Waals surface area (Å²) in [5, 5.41) is 21.9. The summed E-state index contributed by atoms with van der Waals surface area (Å²) in [6.45, 7) is 3.35. The van der Waals surface area contributed by atoms with Gasteiger partial charge in [-0.1, -0.05) is 25.7 Å². The molecule has 0 spiro atoms. The number of aliphatic carboxylic acids is 1. The first kappa shape index (κ1) is 23.2. The van der Waals surface area contributed by atoms with E-state index in [9.17, 15) is 18.3 Å². The molecule has 0 unspecified atom stereocenters. The Bertz CT molecular complexity index is 833. The molecule has 2 aliphatic carbocycles. The number of hydrogen-bond acceptors (Lipinski definition) is 4. The number of alkyl halides is 3. The van der Waals surface area contributed by atoms with E-state index >= 15 is 0 Å². The maximum absolute atomic E-state index is 10.9. The Morgan fingerprint density at radius 2 is 1.75 bits per heavy atom. The lowest BCUT2D eigenvalue weighted by Crippen LogP contribution is -2.59. The topological polar surface area (TPSA) is 72.8 Å². The van der Waals surface area contributed by atoms with Crippen LogP contribution in [-0.2, 0) is 16.6 Å². The Morgan fingerprint density at radius 3 is 2.41 bits per heavy atom. The zero-order valence-electron chi connectivity index (χ0n) is 18.4. The van der Waals surface area contributed by atoms with Crippen LogP contribution in [0.5, 0.6) is 5.75 Å². The second kappa shape index (κ2) is 9.12. The average Bonchev–Trinajstić information content (AvgIpc) is 3.03. The van der Waals surface area contributed by atoms with Crippen molar-refractivity contribution >= 4 is 11.7 Å². The predicted molar refractivity (Wildman–Crippen MR) is 116 cm³/mol. The molecule has 0 radical (unpaired) electrons. The predicted octanol–water partition coefficient (Wildman–Crippen LogP) is 4.75. The molecule has 4 aliphatic rings. The van der Waals surface area contributed by atoms with E-state index < -0.39 is 12.1 Å². The number of halogens is 3. The molecular formula is C24H33F3N2O3. The normalized spacial score (nSPS) is 29.7. The van der Waals surface area contributed by atoms with Gasteiger partial charge >= 0.3 is 12.1 Å². The van der Waals surface area contributed by atoms with Crippen LogP contribution in [0.1, 0.15) is 68.9 Å². The lowest BCUT2D eigenvalue weighted by atomic mass is 9.53. The van der Waals surface area contributed by atoms with Gasteiger partial charge in [0.25, 0.3) is 0 Å². The summed E-state index contributed by atoms with van der Waals surface area (Å²) in [6, 6.07) is 5.21. The lowest BCUT2D eigenvalue weighted by molar-refractivity contribution is -0.192. The molecule has 178 valence electrons. The molecule has 1 aromatic carbocycles. The van der Waals surface area contributed by atoms with Gasteiger partial charge in [-0.15, -0.1) is 0 Å². The van der Waals surface area contributed by atoms with E-state index in [1.807, 2.05) is 0 Å². The number of rotatable bonds is 1. The van der Waals surface area contributed by atoms with Crippen molar-refractivity contribution in [1.29, 1.82) is 0 Å². The molecule has 8 heteroatoms. The molecule has 3 N–H and O–H groups in total. The molecular weight excluding hydrogens is 421 g/mol. The van der Waals surface area contributed by atoms with E-state index in [2.05, 4.69) is 22.3 Å². The minimum Gasteiger partial charge on any atom is -0.506 e. The van der Waals surface area contributed by atoms with E-state index in [0.717, 1.165) is 37.7 Å². The quantitative estimate of drug-likeness (QED) is 0.571. The molecule has 0 aromatic heterocycles. The summed E-state index contributed by atoms with van der Waals surface area (Å²) < 4.78 is 31.7. The number of nitrogens with zero attached hydrogens (tertiary/aromatic N) is 1. The van der Waals surface area contributed by atoms with Crippen molar-refractivity contribution < 1.29 is 28.2 Å². The molecule has 5 nitrogen and oxygen atoms in total. The number of phenols is 1. The number of anilines is 1. The van der Waals surface area contributed by atoms with Gasteiger partial charge < -0.3 is 20.4 Å². The molecule has 1 aromatic rings. The van der Waals surface area contributed by atoms with Gasteiger partial charge in [0.05, 0.1) is 5.69 Å². The van der Waals surface area contributed by atoms with Gasteiger partial charge in [-0.25, -0.2) is 4.79 Å². The number of fused-ring (bicyclic) bond motifs is 1. The Balaban J connectivity index is 0.000000307. The fraction of sp³-hybridized carbons (Fsp3) is 0.708. The Morgan fingerprint density at radius 1 is 1.06 bits per heavy atom. The van der Waals surface area contributed by atoms with Crippen molar-refractivity contribution in [2.24, 2.45) is 5.92 Å². The third kappa shape index (κ3) is 4.43. The summed E-state index contributed by atoms with van der Waals surface area (Å²) in [6.07, 6.45) is 7.94. The van der Waals surface area contributed by atoms with Crippen LogP contribution in [0.3, 0.4) is 0 Å². The maximum atomic E-state index is 10.9. The highest BCUT2D eigenvalue weighted by molar-refractivity contribution is 5.73. The smallest absolute Gasteiger partial charge is 0.490 e. The van der Waals surface area contributed by atoms with Crippen molar-refractivity contribution in [3.05, 3.63) is 23.3 Å². The minimum atomic E-state index is -5.08. The number of phenolic OH excluding ortho intramolecular Hbond substituents is 1. The number of carboxylic acids is 1. The molecule has 32 heavy (non-hydrogen) atoms. The molecule has 2 bridgehead atoms. The van der Waals surface area contributed by atoms with Crippen molar-refractivity contribution in [3.8, 4) is 5.75 Å². The van der Waals surface area contributed by atoms with Gasteiger partial charge in [0, 0.05) is 24.5 Å². The molecule has 1 saturated carbocycles. The molecule has 5 rings (SSSR count). The first-order chi connectivity index (χ1) is 15.2. The van der Waals surface area contributed by atoms with Crippen molar-refractivity contribution in [2.75, 3.05) is 24.5 Å². The Hall–Kier alpha value is -1.96. The van der Waals surface area contributed by atoms with Crippen LogP contribution >= 0.6 is 0 Å². The molecule has 2 saturated heterocycles. The monoisotopic (exact) mass is 454 g/mol. The molecule has 0 amide bonds. The number of hydrogen-bond donors (Lipinski definition) is 3. The highest BCUT2D eigenvalue weighted by Gasteiger charge is 2.51. The number of carbonyl (C=O) groups is 1. The summed E-state index contributed by atoms with van der Waals surface area (Å²) in [5.41, 5.74) is 4.47. The van der Waals surface area contributed by atoms with E-state index in [1.165, 1.54) is 68.9 Å². The third-order valence-corrected chi connectivity index (χ3v) is 7.93. The number of benzene rings is 1. The van der Waals surface area contributed by atoms with E-state index in [4.69, 9.17) is 9.90 Å². The molecule has 3 atom stereocenters. The zero-order valence-corrected chi connectivity index (χ0v) is 18.4. The first-order valence-electron chi connectivity index (χ1n) is 11.9. The van der Waals surface area contributed by atoms with Gasteiger partial charge in [-0.3, -0.25) is 0 Å². The van der Waals surface area contributed by atoms with Crippen molar-refractivity contribution in [1.82, 2.24) is 5.32 Å². The summed E-state index contributed by atoms with van der Waals surface area (Å²) in [5.74, 6) is -1.44. The van der Waals surface area contributed by atoms with Gasteiger partial charge in [-0.05, 0) is 74.2 Å². The summed E-state index contributed by atoms with van der Waals surface area (Å²) in [4.78, 5) is 11.3. The Labute approximate surface area is 187 Å². The SMILES string of the molecule is O=C(O)C(F)(F)F.Oc1cc2c(cc1N1CCCCCC1)C[C@@H]1NCC[C@]23CCCC[C@H]13. The van der Waals surface area contributed by atoms with Crippen molar-refractivity contribution in [3.63, 3.8) is 0 Å². The molecule has 2 aliphatic heterocycles. The number of piperidine rings is 1. The fourth-order valence-corrected chi connectivity index (χ4v) is 6.52. The van der Waals surface area contributed by atoms with Crippen molar-refractivity contribution in [2.45, 2.75) is 81.8 Å². The first-order valence-corrected chi connectivity index (χ1v) is 11.9. The van der Waals surface area contributed by atoms with E-state index in [-0.39, 0.29) is 0 Å². The van der Waals surface area contributed by atoms with E-state index in [0.29, 0.717) is 17.2 Å². The van der Waals surface area contributed by atoms with Crippen LogP contribution in [0.25, 0.3) is 0 Å². The average molecular weight is 455 g/mol. The number of nitrogens with one attached hydrogen (secondary N) is 1. The number of carboxylic acid groups (broad SMARTS) is 1. The maximum Gasteiger partial charge on any atom is 0.490 e. The highest BCUT2D eigenvalue weighted by Crippen LogP contribution is 2.55. The fourth-order valence-electron chi connectivity index (χ4n) is 6.52. The van der Waals surface area contributed by atoms with Crippen LogP contribution < -0.4 is 10.2 Å². The van der Waals surface area contributed by atoms with Gasteiger partial charge in [0.2, 0.25) is 0 Å². The van der Waals surface area contributed by atoms with Crippen LogP contribution in [0, 0.1) is 5.92 Å². The largest absolute Gasteiger partial charge is 0.506 e. The van der Waals surface area contributed by atoms with E-state index in [1.54, 1.807) is 0 Å². The number of aromatic hydroxyl groups is 1. The second-order valence-corrected chi connectivity index (χ2v) is 9.73. The van der Waals surface area contributed by atoms with Crippen LogP contribution in [0.4, 0.5) is 18.9 Å². The van der Waals surface area contributed by atoms with Gasteiger partial charge in [0.15, 0.2) is 0 Å². The molecule has 3 fully saturated rings. The van der Waals surface area contributed by atoms with Gasteiger partial charge in [0.1, 0.15) is 5.75 Å². The van der Waals surface area contributed by atoms with Crippen LogP contribution in [0.15, 0.2) is 12.1 Å². The van der Waals surface area contributed by atoms with Crippen LogP contribution in [0.2, 0.25) is 0 Å². The lowest BCUT2D eigenvalue weighted by Gasteiger charge is -2.56. The zero-order chi connectivity index (χ0) is 22.9. The summed E-state index contributed by atoms with van der Waals surface area (Å²) >= 11 is 0. The molecule has 2 heterocycles. The Kier molecular flexibility index (Phi) is 6.61. The van der Waals surface area contributed by atoms with Gasteiger partial charge in [-0.2, -0.15) is 13.2 Å². The summed E-state index contributed by atoms with van der Waals surface area (Å²) in [7, 11) is 0. The van der Waals surface area contributed by atoms with Crippen LogP contribution in [-0.4, -0.2) is 48.0 Å².